The number of nitrogens with one attached hydrogen (secondary N) is 1. The quantitative estimate of drug-likeness (QED) is 0.462. The maximum atomic E-state index is 12.7. The Kier molecular flexibility index (Phi) is 9.30. The van der Waals surface area contributed by atoms with Crippen LogP contribution in [-0.2, 0) is 11.2 Å². The normalized spacial score (nSPS) is 20.6. The van der Waals surface area contributed by atoms with Gasteiger partial charge in [-0.2, -0.15) is 0 Å². The Morgan fingerprint density at radius 1 is 1.03 bits per heavy atom. The van der Waals surface area contributed by atoms with Crippen molar-refractivity contribution in [2.45, 2.75) is 89.2 Å². The minimum Gasteiger partial charge on any atom is -0.486 e. The van der Waals surface area contributed by atoms with Gasteiger partial charge < -0.3 is 24.8 Å². The Morgan fingerprint density at radius 3 is 2.58 bits per heavy atom. The van der Waals surface area contributed by atoms with E-state index in [0.717, 1.165) is 63.2 Å². The van der Waals surface area contributed by atoms with Crippen LogP contribution in [-0.4, -0.2) is 60.9 Å². The molecule has 3 aliphatic rings. The highest BCUT2D eigenvalue weighted by Crippen LogP contribution is 2.31. The average Bonchev–Trinajstić information content (AvgIpc) is 3.53. The molecule has 6 heteroatoms. The lowest BCUT2D eigenvalue weighted by molar-refractivity contribution is -0.122. The zero-order valence-corrected chi connectivity index (χ0v) is 20.1. The smallest absolute Gasteiger partial charge is 0.220 e. The summed E-state index contributed by atoms with van der Waals surface area (Å²) < 4.78 is 11.4. The van der Waals surface area contributed by atoms with E-state index in [1.165, 1.54) is 44.1 Å². The maximum Gasteiger partial charge on any atom is 0.220 e. The second kappa shape index (κ2) is 12.6. The van der Waals surface area contributed by atoms with E-state index in [-0.39, 0.29) is 18.1 Å². The maximum absolute atomic E-state index is 12.7. The second-order valence-electron chi connectivity index (χ2n) is 10.2. The molecule has 4 rings (SSSR count). The second-order valence-corrected chi connectivity index (χ2v) is 10.2. The molecule has 2 atom stereocenters. The monoisotopic (exact) mass is 458 g/mol. The summed E-state index contributed by atoms with van der Waals surface area (Å²) in [4.78, 5) is 15.2. The van der Waals surface area contributed by atoms with Crippen LogP contribution in [0, 0.1) is 5.92 Å². The van der Waals surface area contributed by atoms with Crippen molar-refractivity contribution in [2.24, 2.45) is 5.92 Å². The molecule has 2 fully saturated rings. The third kappa shape index (κ3) is 7.61. The fourth-order valence-electron chi connectivity index (χ4n) is 5.63. The van der Waals surface area contributed by atoms with E-state index in [0.29, 0.717) is 25.6 Å². The van der Waals surface area contributed by atoms with E-state index >= 15 is 0 Å². The Balaban J connectivity index is 1.22. The van der Waals surface area contributed by atoms with Gasteiger partial charge >= 0.3 is 0 Å². The number of benzene rings is 1. The molecule has 1 amide bonds. The van der Waals surface area contributed by atoms with Gasteiger partial charge in [0.05, 0.1) is 6.10 Å². The number of nitrogens with zero attached hydrogens (tertiary/aromatic N) is 1. The van der Waals surface area contributed by atoms with Crippen molar-refractivity contribution in [1.29, 1.82) is 0 Å². The lowest BCUT2D eigenvalue weighted by Crippen LogP contribution is -2.44. The molecule has 1 aromatic carbocycles. The topological polar surface area (TPSA) is 71.0 Å². The number of fused-ring (bicyclic) bond motifs is 1. The van der Waals surface area contributed by atoms with Crippen LogP contribution in [0.2, 0.25) is 0 Å². The van der Waals surface area contributed by atoms with Gasteiger partial charge in [-0.15, -0.1) is 0 Å². The molecule has 0 aromatic heterocycles. The molecular weight excluding hydrogens is 416 g/mol. The molecule has 1 unspecified atom stereocenters. The van der Waals surface area contributed by atoms with Gasteiger partial charge in [0.1, 0.15) is 13.2 Å². The van der Waals surface area contributed by atoms with E-state index < -0.39 is 0 Å². The van der Waals surface area contributed by atoms with Gasteiger partial charge in [-0.25, -0.2) is 0 Å². The zero-order chi connectivity index (χ0) is 22.9. The number of hydrogen-bond donors (Lipinski definition) is 2. The fourth-order valence-corrected chi connectivity index (χ4v) is 5.63. The Labute approximate surface area is 199 Å². The number of unbranched alkanes of at least 4 members (excludes halogenated alkanes) is 2. The number of carbonyl (C=O) groups is 1. The van der Waals surface area contributed by atoms with E-state index in [1.807, 2.05) is 6.07 Å². The number of ether oxygens (including phenoxy) is 2. The van der Waals surface area contributed by atoms with Crippen molar-refractivity contribution in [3.8, 4) is 11.5 Å². The van der Waals surface area contributed by atoms with Gasteiger partial charge in [0.2, 0.25) is 5.91 Å². The van der Waals surface area contributed by atoms with Gasteiger partial charge in [0.15, 0.2) is 11.5 Å². The standard InChI is InChI=1S/C27H42N2O4/c30-24(22-8-4-5-9-22)10-2-1-3-11-27(31)28-23(20-29-14-6-7-15-29)18-21-12-13-25-26(19-21)33-17-16-32-25/h12-13,19,22-24,30H,1-11,14-18,20H2,(H,28,31)/t23-,24?/m0/s1. The van der Waals surface area contributed by atoms with Crippen LogP contribution >= 0.6 is 0 Å². The molecule has 6 nitrogen and oxygen atoms in total. The number of likely N-dealkylation sites (tertiary alicyclic amines) is 1. The highest BCUT2D eigenvalue weighted by Gasteiger charge is 2.23. The first-order valence-corrected chi connectivity index (χ1v) is 13.3. The third-order valence-corrected chi connectivity index (χ3v) is 7.48. The van der Waals surface area contributed by atoms with Crippen molar-refractivity contribution in [1.82, 2.24) is 10.2 Å². The minimum absolute atomic E-state index is 0.0994. The molecular formula is C27H42N2O4. The summed E-state index contributed by atoms with van der Waals surface area (Å²) in [5.41, 5.74) is 1.17. The van der Waals surface area contributed by atoms with Gasteiger partial charge in [0, 0.05) is 19.0 Å². The first-order valence-electron chi connectivity index (χ1n) is 13.3. The summed E-state index contributed by atoms with van der Waals surface area (Å²) in [6.07, 6.45) is 12.4. The van der Waals surface area contributed by atoms with E-state index in [2.05, 4.69) is 22.3 Å². The summed E-state index contributed by atoms with van der Waals surface area (Å²) in [6, 6.07) is 6.24. The molecule has 2 aliphatic heterocycles. The van der Waals surface area contributed by atoms with Gasteiger partial charge in [-0.05, 0) is 81.6 Å². The molecule has 2 heterocycles. The highest BCUT2D eigenvalue weighted by molar-refractivity contribution is 5.76. The molecule has 33 heavy (non-hydrogen) atoms. The molecule has 1 saturated carbocycles. The van der Waals surface area contributed by atoms with Crippen LogP contribution in [0.3, 0.4) is 0 Å². The molecule has 2 N–H and O–H groups in total. The van der Waals surface area contributed by atoms with Gasteiger partial charge in [0.25, 0.3) is 0 Å². The van der Waals surface area contributed by atoms with E-state index in [1.54, 1.807) is 0 Å². The molecule has 0 spiro atoms. The van der Waals surface area contributed by atoms with E-state index in [9.17, 15) is 9.90 Å². The summed E-state index contributed by atoms with van der Waals surface area (Å²) in [5.74, 6) is 2.28. The number of carbonyl (C=O) groups excluding carboxylic acids is 1. The van der Waals surface area contributed by atoms with Crippen LogP contribution in [0.15, 0.2) is 18.2 Å². The predicted octanol–water partition coefficient (Wildman–Crippen LogP) is 4.08. The Morgan fingerprint density at radius 2 is 1.79 bits per heavy atom. The number of hydrogen-bond acceptors (Lipinski definition) is 5. The first kappa shape index (κ1) is 24.3. The number of rotatable bonds is 12. The summed E-state index contributed by atoms with van der Waals surface area (Å²) in [7, 11) is 0. The van der Waals surface area contributed by atoms with Crippen molar-refractivity contribution in [3.63, 3.8) is 0 Å². The molecule has 0 radical (unpaired) electrons. The molecule has 1 aromatic rings. The van der Waals surface area contributed by atoms with Crippen LogP contribution in [0.1, 0.15) is 76.2 Å². The van der Waals surface area contributed by atoms with Crippen molar-refractivity contribution >= 4 is 5.91 Å². The Hall–Kier alpha value is -1.79. The Bertz CT molecular complexity index is 744. The third-order valence-electron chi connectivity index (χ3n) is 7.48. The largest absolute Gasteiger partial charge is 0.486 e. The lowest BCUT2D eigenvalue weighted by atomic mass is 9.96. The first-order chi connectivity index (χ1) is 16.2. The van der Waals surface area contributed by atoms with Crippen molar-refractivity contribution < 1.29 is 19.4 Å². The van der Waals surface area contributed by atoms with Gasteiger partial charge in [-0.3, -0.25) is 4.79 Å². The average molecular weight is 459 g/mol. The molecule has 1 aliphatic carbocycles. The summed E-state index contributed by atoms with van der Waals surface area (Å²) >= 11 is 0. The molecule has 184 valence electrons. The highest BCUT2D eigenvalue weighted by atomic mass is 16.6. The number of aliphatic hydroxyl groups is 1. The SMILES string of the molecule is O=C(CCCCCC(O)C1CCCC1)N[C@@H](Cc1ccc2c(c1)OCCO2)CN1CCCC1. The summed E-state index contributed by atoms with van der Waals surface area (Å²) in [5, 5.41) is 13.6. The van der Waals surface area contributed by atoms with E-state index in [4.69, 9.17) is 9.47 Å². The van der Waals surface area contributed by atoms with Crippen LogP contribution in [0.4, 0.5) is 0 Å². The van der Waals surface area contributed by atoms with Crippen LogP contribution in [0.25, 0.3) is 0 Å². The summed E-state index contributed by atoms with van der Waals surface area (Å²) in [6.45, 7) is 4.32. The zero-order valence-electron chi connectivity index (χ0n) is 20.1. The molecule has 1 saturated heterocycles. The number of amides is 1. The van der Waals surface area contributed by atoms with Crippen molar-refractivity contribution in [2.75, 3.05) is 32.8 Å². The number of aliphatic hydroxyl groups excluding tert-OH is 1. The van der Waals surface area contributed by atoms with Gasteiger partial charge in [-0.1, -0.05) is 31.7 Å². The lowest BCUT2D eigenvalue weighted by Gasteiger charge is -2.25. The fraction of sp³-hybridized carbons (Fsp3) is 0.741. The van der Waals surface area contributed by atoms with Crippen LogP contribution < -0.4 is 14.8 Å². The predicted molar refractivity (Wildman–Crippen MR) is 130 cm³/mol. The molecule has 0 bridgehead atoms. The van der Waals surface area contributed by atoms with Crippen molar-refractivity contribution in [3.05, 3.63) is 23.8 Å². The minimum atomic E-state index is -0.142. The van der Waals surface area contributed by atoms with Crippen LogP contribution in [0.5, 0.6) is 11.5 Å².